The Balaban J connectivity index is 2.03. The Morgan fingerprint density at radius 2 is 1.76 bits per heavy atom. The van der Waals surface area contributed by atoms with E-state index in [1.165, 1.54) is 65.0 Å². The molecule has 17 heavy (non-hydrogen) atoms. The number of nitrogens with zero attached hydrogens (tertiary/aromatic N) is 2. The molecule has 0 aromatic rings. The molecular formula is C14H31N3. The van der Waals surface area contributed by atoms with Gasteiger partial charge in [0.2, 0.25) is 0 Å². The quantitative estimate of drug-likeness (QED) is 0.654. The van der Waals surface area contributed by atoms with Crippen molar-refractivity contribution in [2.24, 2.45) is 0 Å². The fourth-order valence-electron chi connectivity index (χ4n) is 2.50. The average molecular weight is 241 g/mol. The lowest BCUT2D eigenvalue weighted by atomic mass is 10.1. The van der Waals surface area contributed by atoms with E-state index in [4.69, 9.17) is 0 Å². The minimum Gasteiger partial charge on any atom is -0.320 e. The highest BCUT2D eigenvalue weighted by Crippen LogP contribution is 2.09. The number of hydrogen-bond donors (Lipinski definition) is 1. The summed E-state index contributed by atoms with van der Waals surface area (Å²) in [6, 6.07) is 0.771. The Morgan fingerprint density at radius 3 is 2.35 bits per heavy atom. The van der Waals surface area contributed by atoms with Crippen LogP contribution in [0.5, 0.6) is 0 Å². The summed E-state index contributed by atoms with van der Waals surface area (Å²) in [5.74, 6) is 0. The van der Waals surface area contributed by atoms with E-state index in [9.17, 15) is 0 Å². The van der Waals surface area contributed by atoms with Gasteiger partial charge in [0.1, 0.15) is 0 Å². The fraction of sp³-hybridized carbons (Fsp3) is 1.00. The van der Waals surface area contributed by atoms with Gasteiger partial charge >= 0.3 is 0 Å². The maximum Gasteiger partial charge on any atom is 0.0113 e. The molecular weight excluding hydrogens is 210 g/mol. The fourth-order valence-corrected chi connectivity index (χ4v) is 2.50. The van der Waals surface area contributed by atoms with Gasteiger partial charge in [0.25, 0.3) is 0 Å². The van der Waals surface area contributed by atoms with Crippen molar-refractivity contribution in [1.29, 1.82) is 0 Å². The Kier molecular flexibility index (Phi) is 7.82. The number of unbranched alkanes of at least 4 members (excludes halogenated alkanes) is 2. The molecule has 0 aromatic heterocycles. The predicted octanol–water partition coefficient (Wildman–Crippen LogP) is 1.79. The molecule has 0 aromatic carbocycles. The van der Waals surface area contributed by atoms with Crippen LogP contribution < -0.4 is 5.32 Å². The van der Waals surface area contributed by atoms with Gasteiger partial charge in [-0.3, -0.25) is 4.90 Å². The Labute approximate surface area is 108 Å². The van der Waals surface area contributed by atoms with E-state index in [1.54, 1.807) is 0 Å². The second kappa shape index (κ2) is 8.90. The summed E-state index contributed by atoms with van der Waals surface area (Å²) in [6.45, 7) is 12.2. The third-order valence-corrected chi connectivity index (χ3v) is 4.02. The first-order valence-electron chi connectivity index (χ1n) is 7.39. The Morgan fingerprint density at radius 1 is 1.06 bits per heavy atom. The van der Waals surface area contributed by atoms with Crippen LogP contribution in [-0.2, 0) is 0 Å². The van der Waals surface area contributed by atoms with Gasteiger partial charge < -0.3 is 10.2 Å². The lowest BCUT2D eigenvalue weighted by Crippen LogP contribution is -2.49. The molecule has 1 aliphatic heterocycles. The minimum atomic E-state index is 0.771. The summed E-state index contributed by atoms with van der Waals surface area (Å²) in [6.07, 6.45) is 5.34. The van der Waals surface area contributed by atoms with E-state index < -0.39 is 0 Å². The first-order valence-corrected chi connectivity index (χ1v) is 7.39. The summed E-state index contributed by atoms with van der Waals surface area (Å²) in [5.41, 5.74) is 0. The van der Waals surface area contributed by atoms with Crippen molar-refractivity contribution in [2.75, 3.05) is 46.3 Å². The zero-order valence-electron chi connectivity index (χ0n) is 12.0. The van der Waals surface area contributed by atoms with Crippen molar-refractivity contribution in [3.63, 3.8) is 0 Å². The van der Waals surface area contributed by atoms with E-state index >= 15 is 0 Å². The van der Waals surface area contributed by atoms with E-state index in [0.29, 0.717) is 0 Å². The molecule has 0 radical (unpaired) electrons. The number of nitrogens with one attached hydrogen (secondary N) is 1. The van der Waals surface area contributed by atoms with Crippen molar-refractivity contribution >= 4 is 0 Å². The van der Waals surface area contributed by atoms with E-state index in [-0.39, 0.29) is 0 Å². The number of hydrogen-bond acceptors (Lipinski definition) is 3. The molecule has 1 saturated heterocycles. The summed E-state index contributed by atoms with van der Waals surface area (Å²) >= 11 is 0. The lowest BCUT2D eigenvalue weighted by molar-refractivity contribution is 0.0995. The Hall–Kier alpha value is -0.120. The highest BCUT2D eigenvalue weighted by molar-refractivity contribution is 4.75. The summed E-state index contributed by atoms with van der Waals surface area (Å²) < 4.78 is 0. The maximum absolute atomic E-state index is 3.21. The topological polar surface area (TPSA) is 18.5 Å². The smallest absolute Gasteiger partial charge is 0.0113 e. The molecule has 0 amide bonds. The van der Waals surface area contributed by atoms with Crippen molar-refractivity contribution in [1.82, 2.24) is 15.1 Å². The van der Waals surface area contributed by atoms with Gasteiger partial charge in [-0.25, -0.2) is 0 Å². The summed E-state index contributed by atoms with van der Waals surface area (Å²) in [7, 11) is 2.04. The van der Waals surface area contributed by atoms with Crippen LogP contribution in [0.15, 0.2) is 0 Å². The van der Waals surface area contributed by atoms with Gasteiger partial charge in [-0.2, -0.15) is 0 Å². The molecule has 0 bridgehead atoms. The number of piperazine rings is 1. The van der Waals surface area contributed by atoms with Crippen LogP contribution in [0.1, 0.15) is 39.5 Å². The second-order valence-electron chi connectivity index (χ2n) is 5.30. The van der Waals surface area contributed by atoms with Crippen LogP contribution in [0.3, 0.4) is 0 Å². The average Bonchev–Trinajstić information content (AvgIpc) is 2.38. The zero-order chi connectivity index (χ0) is 12.5. The highest BCUT2D eigenvalue weighted by Gasteiger charge is 2.19. The lowest BCUT2D eigenvalue weighted by Gasteiger charge is -2.37. The molecule has 102 valence electrons. The monoisotopic (exact) mass is 241 g/mol. The van der Waals surface area contributed by atoms with Crippen LogP contribution in [0, 0.1) is 0 Å². The molecule has 0 saturated carbocycles. The van der Waals surface area contributed by atoms with Gasteiger partial charge in [-0.1, -0.05) is 13.3 Å². The van der Waals surface area contributed by atoms with Crippen LogP contribution in [-0.4, -0.2) is 62.2 Å². The van der Waals surface area contributed by atoms with Gasteiger partial charge in [-0.05, 0) is 46.3 Å². The van der Waals surface area contributed by atoms with Crippen LogP contribution in [0.4, 0.5) is 0 Å². The Bertz CT molecular complexity index is 176. The molecule has 1 rings (SSSR count). The SMILES string of the molecule is CCC(C)N1CCN(CCCCCNC)CC1. The molecule has 1 atom stereocenters. The van der Waals surface area contributed by atoms with Crippen LogP contribution in [0.25, 0.3) is 0 Å². The van der Waals surface area contributed by atoms with E-state index in [0.717, 1.165) is 6.04 Å². The van der Waals surface area contributed by atoms with E-state index in [1.807, 2.05) is 7.05 Å². The summed E-state index contributed by atoms with van der Waals surface area (Å²) in [5, 5.41) is 3.21. The molecule has 1 heterocycles. The van der Waals surface area contributed by atoms with Gasteiger partial charge in [0, 0.05) is 32.2 Å². The third-order valence-electron chi connectivity index (χ3n) is 4.02. The normalized spacial score (nSPS) is 20.6. The molecule has 1 fully saturated rings. The zero-order valence-corrected chi connectivity index (χ0v) is 12.0. The molecule has 0 spiro atoms. The number of rotatable bonds is 8. The molecule has 3 heteroatoms. The second-order valence-corrected chi connectivity index (χ2v) is 5.30. The molecule has 1 aliphatic rings. The van der Waals surface area contributed by atoms with Crippen LogP contribution >= 0.6 is 0 Å². The van der Waals surface area contributed by atoms with Crippen molar-refractivity contribution < 1.29 is 0 Å². The molecule has 0 aliphatic carbocycles. The largest absolute Gasteiger partial charge is 0.320 e. The van der Waals surface area contributed by atoms with Gasteiger partial charge in [0.05, 0.1) is 0 Å². The van der Waals surface area contributed by atoms with Gasteiger partial charge in [0.15, 0.2) is 0 Å². The standard InChI is InChI=1S/C14H31N3/c1-4-14(2)17-12-10-16(11-13-17)9-7-5-6-8-15-3/h14-15H,4-13H2,1-3H3. The first kappa shape index (κ1) is 14.9. The van der Waals surface area contributed by atoms with Gasteiger partial charge in [-0.15, -0.1) is 0 Å². The predicted molar refractivity (Wildman–Crippen MR) is 75.5 cm³/mol. The maximum atomic E-state index is 3.21. The highest BCUT2D eigenvalue weighted by atomic mass is 15.3. The van der Waals surface area contributed by atoms with E-state index in [2.05, 4.69) is 29.0 Å². The van der Waals surface area contributed by atoms with Crippen molar-refractivity contribution in [3.8, 4) is 0 Å². The molecule has 3 nitrogen and oxygen atoms in total. The summed E-state index contributed by atoms with van der Waals surface area (Å²) in [4.78, 5) is 5.27. The van der Waals surface area contributed by atoms with Crippen molar-refractivity contribution in [3.05, 3.63) is 0 Å². The third kappa shape index (κ3) is 5.84. The molecule has 1 N–H and O–H groups in total. The van der Waals surface area contributed by atoms with Crippen molar-refractivity contribution in [2.45, 2.75) is 45.6 Å². The minimum absolute atomic E-state index is 0.771. The van der Waals surface area contributed by atoms with Crippen LogP contribution in [0.2, 0.25) is 0 Å². The molecule has 1 unspecified atom stereocenters. The first-order chi connectivity index (χ1) is 8.27.